The van der Waals surface area contributed by atoms with E-state index in [1.807, 2.05) is 48.5 Å². The number of aromatic nitrogens is 2. The highest BCUT2D eigenvalue weighted by Gasteiger charge is 2.20. The van der Waals surface area contributed by atoms with Crippen molar-refractivity contribution in [1.82, 2.24) is 9.97 Å². The normalized spacial score (nSPS) is 10.9. The van der Waals surface area contributed by atoms with E-state index >= 15 is 0 Å². The molecule has 30 heavy (non-hydrogen) atoms. The maximum Gasteiger partial charge on any atom is 0.239 e. The number of hydrogen-bond acceptors (Lipinski definition) is 6. The predicted molar refractivity (Wildman–Crippen MR) is 124 cm³/mol. The largest absolute Gasteiger partial charge is 0.497 e. The minimum absolute atomic E-state index is 0.0170. The van der Waals surface area contributed by atoms with Crippen LogP contribution in [0, 0.1) is 6.92 Å². The van der Waals surface area contributed by atoms with Crippen LogP contribution < -0.4 is 9.64 Å². The van der Waals surface area contributed by atoms with Crippen molar-refractivity contribution in [3.63, 3.8) is 0 Å². The first-order chi connectivity index (χ1) is 14.6. The van der Waals surface area contributed by atoms with Crippen molar-refractivity contribution in [1.29, 1.82) is 0 Å². The number of amides is 1. The van der Waals surface area contributed by atoms with E-state index in [-0.39, 0.29) is 5.91 Å². The first-order valence-corrected chi connectivity index (χ1v) is 11.3. The summed E-state index contributed by atoms with van der Waals surface area (Å²) in [4.78, 5) is 24.8. The molecule has 0 saturated heterocycles. The molecule has 0 aliphatic heterocycles. The lowest BCUT2D eigenvalue weighted by atomic mass is 10.2. The summed E-state index contributed by atoms with van der Waals surface area (Å²) < 4.78 is 6.28. The average Bonchev–Trinajstić information content (AvgIpc) is 3.19. The van der Waals surface area contributed by atoms with Gasteiger partial charge in [0, 0.05) is 17.3 Å². The van der Waals surface area contributed by atoms with Gasteiger partial charge in [0.25, 0.3) is 0 Å². The molecule has 0 aliphatic carbocycles. The number of thiazole rings is 1. The van der Waals surface area contributed by atoms with Crippen LogP contribution in [0.1, 0.15) is 11.1 Å². The minimum atomic E-state index is 0.0170. The summed E-state index contributed by atoms with van der Waals surface area (Å²) in [5.74, 6) is 1.14. The van der Waals surface area contributed by atoms with Gasteiger partial charge in [0.1, 0.15) is 5.75 Å². The third-order valence-corrected chi connectivity index (χ3v) is 6.61. The number of thioether (sulfide) groups is 1. The number of hydrogen-bond donors (Lipinski definition) is 0. The van der Waals surface area contributed by atoms with Gasteiger partial charge in [-0.3, -0.25) is 14.7 Å². The predicted octanol–water partition coefficient (Wildman–Crippen LogP) is 5.33. The number of nitrogens with zero attached hydrogens (tertiary/aromatic N) is 3. The number of fused-ring (bicyclic) bond motifs is 1. The summed E-state index contributed by atoms with van der Waals surface area (Å²) in [6.07, 6.45) is 3.48. The molecule has 0 unspecified atom stereocenters. The molecule has 152 valence electrons. The fourth-order valence-electron chi connectivity index (χ4n) is 2.96. The van der Waals surface area contributed by atoms with Gasteiger partial charge in [-0.15, -0.1) is 11.8 Å². The Hall–Kier alpha value is -2.90. The number of rotatable bonds is 7. The number of benzene rings is 2. The maximum absolute atomic E-state index is 13.2. The standard InChI is InChI=1S/C23H21N3O2S2/c1-16-3-8-20-21(13-16)30-23(25-20)26(14-17-9-11-24-12-10-17)22(27)15-29-19-6-4-18(28-2)5-7-19/h3-13H,14-15H2,1-2H3. The van der Waals surface area contributed by atoms with Crippen LogP contribution in [0.2, 0.25) is 0 Å². The Kier molecular flexibility index (Phi) is 6.30. The van der Waals surface area contributed by atoms with Gasteiger partial charge in [-0.1, -0.05) is 17.4 Å². The fraction of sp³-hybridized carbons (Fsp3) is 0.174. The van der Waals surface area contributed by atoms with E-state index < -0.39 is 0 Å². The smallest absolute Gasteiger partial charge is 0.239 e. The zero-order valence-corrected chi connectivity index (χ0v) is 18.4. The first kappa shape index (κ1) is 20.4. The van der Waals surface area contributed by atoms with Crippen LogP contribution in [-0.2, 0) is 11.3 Å². The quantitative estimate of drug-likeness (QED) is 0.367. The molecule has 0 aliphatic rings. The highest BCUT2D eigenvalue weighted by Crippen LogP contribution is 2.31. The van der Waals surface area contributed by atoms with E-state index in [0.29, 0.717) is 17.4 Å². The van der Waals surface area contributed by atoms with E-state index in [4.69, 9.17) is 9.72 Å². The van der Waals surface area contributed by atoms with Gasteiger partial charge in [0.05, 0.1) is 29.6 Å². The number of aryl methyl sites for hydroxylation is 1. The van der Waals surface area contributed by atoms with Crippen LogP contribution in [0.4, 0.5) is 5.13 Å². The number of anilines is 1. The number of pyridine rings is 1. The lowest BCUT2D eigenvalue weighted by molar-refractivity contribution is -0.116. The Bertz CT molecular complexity index is 1140. The second-order valence-electron chi connectivity index (χ2n) is 6.77. The molecule has 0 atom stereocenters. The molecule has 1 amide bonds. The molecule has 0 radical (unpaired) electrons. The van der Waals surface area contributed by atoms with Crippen LogP contribution in [0.25, 0.3) is 10.2 Å². The second kappa shape index (κ2) is 9.28. The molecule has 0 saturated carbocycles. The van der Waals surface area contributed by atoms with Crippen molar-refractivity contribution in [2.75, 3.05) is 17.8 Å². The summed E-state index contributed by atoms with van der Waals surface area (Å²) in [7, 11) is 1.64. The molecule has 5 nitrogen and oxygen atoms in total. The highest BCUT2D eigenvalue weighted by atomic mass is 32.2. The summed E-state index contributed by atoms with van der Waals surface area (Å²) in [5, 5.41) is 0.716. The Morgan fingerprint density at radius 2 is 1.87 bits per heavy atom. The maximum atomic E-state index is 13.2. The lowest BCUT2D eigenvalue weighted by Crippen LogP contribution is -2.31. The lowest BCUT2D eigenvalue weighted by Gasteiger charge is -2.20. The van der Waals surface area contributed by atoms with Gasteiger partial charge in [-0.05, 0) is 66.6 Å². The molecule has 7 heteroatoms. The summed E-state index contributed by atoms with van der Waals surface area (Å²) in [5.41, 5.74) is 3.11. The molecule has 0 fully saturated rings. The van der Waals surface area contributed by atoms with Crippen molar-refractivity contribution in [2.24, 2.45) is 0 Å². The number of methoxy groups -OCH3 is 1. The Morgan fingerprint density at radius 1 is 1.10 bits per heavy atom. The summed E-state index contributed by atoms with van der Waals surface area (Å²) in [6.45, 7) is 2.52. The molecule has 2 aromatic carbocycles. The van der Waals surface area contributed by atoms with Crippen molar-refractivity contribution >= 4 is 44.4 Å². The van der Waals surface area contributed by atoms with Gasteiger partial charge in [-0.25, -0.2) is 4.98 Å². The van der Waals surface area contributed by atoms with Crippen molar-refractivity contribution in [2.45, 2.75) is 18.4 Å². The van der Waals surface area contributed by atoms with E-state index in [0.717, 1.165) is 26.4 Å². The van der Waals surface area contributed by atoms with Crippen LogP contribution in [0.3, 0.4) is 0 Å². The van der Waals surface area contributed by atoms with E-state index in [1.54, 1.807) is 35.7 Å². The molecule has 0 bridgehead atoms. The van der Waals surface area contributed by atoms with Gasteiger partial charge in [0.15, 0.2) is 5.13 Å². The molecule has 4 aromatic rings. The molecular formula is C23H21N3O2S2. The average molecular weight is 436 g/mol. The van der Waals surface area contributed by atoms with Crippen LogP contribution in [0.5, 0.6) is 5.75 Å². The molecule has 2 aromatic heterocycles. The van der Waals surface area contributed by atoms with Gasteiger partial charge < -0.3 is 4.74 Å². The summed E-state index contributed by atoms with van der Waals surface area (Å²) >= 11 is 3.05. The van der Waals surface area contributed by atoms with E-state index in [2.05, 4.69) is 18.0 Å². The molecule has 0 N–H and O–H groups in total. The SMILES string of the molecule is COc1ccc(SCC(=O)N(Cc2ccncc2)c2nc3ccc(C)cc3s2)cc1. The highest BCUT2D eigenvalue weighted by molar-refractivity contribution is 8.00. The molecule has 2 heterocycles. The number of carbonyl (C=O) groups excluding carboxylic acids is 1. The third-order valence-electron chi connectivity index (χ3n) is 4.58. The number of carbonyl (C=O) groups is 1. The molecule has 4 rings (SSSR count). The van der Waals surface area contributed by atoms with Crippen LogP contribution >= 0.6 is 23.1 Å². The molecular weight excluding hydrogens is 414 g/mol. The van der Waals surface area contributed by atoms with Crippen molar-refractivity contribution < 1.29 is 9.53 Å². The Labute approximate surface area is 183 Å². The zero-order valence-electron chi connectivity index (χ0n) is 16.7. The monoisotopic (exact) mass is 435 g/mol. The van der Waals surface area contributed by atoms with Gasteiger partial charge >= 0.3 is 0 Å². The van der Waals surface area contributed by atoms with Gasteiger partial charge in [-0.2, -0.15) is 0 Å². The zero-order chi connectivity index (χ0) is 20.9. The minimum Gasteiger partial charge on any atom is -0.497 e. The van der Waals surface area contributed by atoms with E-state index in [1.165, 1.54) is 17.3 Å². The van der Waals surface area contributed by atoms with E-state index in [9.17, 15) is 4.79 Å². The topological polar surface area (TPSA) is 55.3 Å². The molecule has 0 spiro atoms. The van der Waals surface area contributed by atoms with Crippen molar-refractivity contribution in [3.8, 4) is 5.75 Å². The first-order valence-electron chi connectivity index (χ1n) is 9.46. The van der Waals surface area contributed by atoms with Gasteiger partial charge in [0.2, 0.25) is 5.91 Å². The Morgan fingerprint density at radius 3 is 2.60 bits per heavy atom. The Balaban J connectivity index is 1.57. The van der Waals surface area contributed by atoms with Crippen molar-refractivity contribution in [3.05, 3.63) is 78.1 Å². The number of ether oxygens (including phenoxy) is 1. The second-order valence-corrected chi connectivity index (χ2v) is 8.83. The fourth-order valence-corrected chi connectivity index (χ4v) is 4.82. The van der Waals surface area contributed by atoms with Crippen LogP contribution in [-0.4, -0.2) is 28.7 Å². The summed E-state index contributed by atoms with van der Waals surface area (Å²) in [6, 6.07) is 17.7. The van der Waals surface area contributed by atoms with Crippen LogP contribution in [0.15, 0.2) is 71.9 Å². The third kappa shape index (κ3) is 4.80.